The molecule has 0 aliphatic heterocycles. The van der Waals surface area contributed by atoms with E-state index in [2.05, 4.69) is 9.97 Å². The van der Waals surface area contributed by atoms with Crippen LogP contribution in [0.4, 0.5) is 0 Å². The fourth-order valence-electron chi connectivity index (χ4n) is 1.33. The summed E-state index contributed by atoms with van der Waals surface area (Å²) in [6.07, 6.45) is 3.43. The van der Waals surface area contributed by atoms with Crippen LogP contribution in [-0.4, -0.2) is 34.9 Å². The monoisotopic (exact) mass is 189 g/mol. The third-order valence-electron chi connectivity index (χ3n) is 2.06. The molecule has 2 aromatic rings. The van der Waals surface area contributed by atoms with Crippen molar-refractivity contribution in [2.24, 2.45) is 0 Å². The van der Waals surface area contributed by atoms with Crippen molar-refractivity contribution in [3.63, 3.8) is 0 Å². The quantitative estimate of drug-likeness (QED) is 0.734. The largest absolute Gasteiger partial charge is 0.350 e. The first-order chi connectivity index (χ1) is 6.68. The first kappa shape index (κ1) is 8.74. The second-order valence-corrected chi connectivity index (χ2v) is 3.35. The average Bonchev–Trinajstić information content (AvgIpc) is 2.59. The van der Waals surface area contributed by atoms with Crippen LogP contribution in [0, 0.1) is 0 Å². The van der Waals surface area contributed by atoms with E-state index in [4.69, 9.17) is 0 Å². The van der Waals surface area contributed by atoms with E-state index in [1.807, 2.05) is 12.1 Å². The summed E-state index contributed by atoms with van der Waals surface area (Å²) in [6, 6.07) is 3.66. The molecule has 72 valence electrons. The molecule has 14 heavy (non-hydrogen) atoms. The summed E-state index contributed by atoms with van der Waals surface area (Å²) in [4.78, 5) is 20.2. The second kappa shape index (κ2) is 3.14. The van der Waals surface area contributed by atoms with Crippen molar-refractivity contribution in [1.82, 2.24) is 14.9 Å². The number of aromatic nitrogens is 2. The molecule has 0 atom stereocenters. The summed E-state index contributed by atoms with van der Waals surface area (Å²) in [5.74, 6) is -0.0267. The van der Waals surface area contributed by atoms with Crippen molar-refractivity contribution in [2.75, 3.05) is 14.1 Å². The van der Waals surface area contributed by atoms with Gasteiger partial charge < -0.3 is 9.88 Å². The average molecular weight is 189 g/mol. The van der Waals surface area contributed by atoms with Crippen LogP contribution in [0.5, 0.6) is 0 Å². The molecule has 0 aliphatic carbocycles. The Kier molecular flexibility index (Phi) is 1.96. The Morgan fingerprint density at radius 3 is 2.93 bits per heavy atom. The van der Waals surface area contributed by atoms with E-state index in [0.717, 1.165) is 10.9 Å². The van der Waals surface area contributed by atoms with E-state index < -0.39 is 0 Å². The molecule has 2 rings (SSSR count). The van der Waals surface area contributed by atoms with Crippen molar-refractivity contribution in [1.29, 1.82) is 0 Å². The number of rotatable bonds is 1. The predicted octanol–water partition coefficient (Wildman–Crippen LogP) is 1.26. The number of carbonyl (C=O) groups excluding carboxylic acids is 1. The maximum atomic E-state index is 11.6. The van der Waals surface area contributed by atoms with Crippen LogP contribution < -0.4 is 0 Å². The predicted molar refractivity (Wildman–Crippen MR) is 54.1 cm³/mol. The van der Waals surface area contributed by atoms with Gasteiger partial charge >= 0.3 is 0 Å². The number of aromatic amines is 1. The van der Waals surface area contributed by atoms with Crippen LogP contribution in [0.25, 0.3) is 10.9 Å². The van der Waals surface area contributed by atoms with Crippen LogP contribution in [0.15, 0.2) is 24.5 Å². The summed E-state index contributed by atoms with van der Waals surface area (Å²) in [5, 5.41) is 0.956. The van der Waals surface area contributed by atoms with E-state index in [1.54, 1.807) is 26.5 Å². The lowest BCUT2D eigenvalue weighted by Gasteiger charge is -2.07. The second-order valence-electron chi connectivity index (χ2n) is 3.35. The van der Waals surface area contributed by atoms with Crippen molar-refractivity contribution < 1.29 is 4.79 Å². The summed E-state index contributed by atoms with van der Waals surface area (Å²) < 4.78 is 0. The van der Waals surface area contributed by atoms with Gasteiger partial charge in [0.15, 0.2) is 0 Å². The van der Waals surface area contributed by atoms with Crippen LogP contribution in [0.1, 0.15) is 10.5 Å². The number of carbonyl (C=O) groups is 1. The molecule has 2 heterocycles. The van der Waals surface area contributed by atoms with E-state index in [0.29, 0.717) is 5.69 Å². The standard InChI is InChI=1S/C10H11N3O/c1-13(2)10(14)9-5-7-6-11-4-3-8(7)12-9/h3-6,12H,1-2H3. The molecule has 0 saturated heterocycles. The molecule has 4 heteroatoms. The zero-order valence-electron chi connectivity index (χ0n) is 8.11. The summed E-state index contributed by atoms with van der Waals surface area (Å²) >= 11 is 0. The zero-order chi connectivity index (χ0) is 10.1. The fraction of sp³-hybridized carbons (Fsp3) is 0.200. The Balaban J connectivity index is 2.50. The number of fused-ring (bicyclic) bond motifs is 1. The molecular formula is C10H11N3O. The molecule has 1 N–H and O–H groups in total. The van der Waals surface area contributed by atoms with Gasteiger partial charge in [-0.05, 0) is 12.1 Å². The molecule has 0 aromatic carbocycles. The van der Waals surface area contributed by atoms with Crippen molar-refractivity contribution in [3.05, 3.63) is 30.2 Å². The zero-order valence-corrected chi connectivity index (χ0v) is 8.11. The van der Waals surface area contributed by atoms with E-state index in [1.165, 1.54) is 4.90 Å². The molecule has 0 radical (unpaired) electrons. The van der Waals surface area contributed by atoms with Crippen molar-refractivity contribution >= 4 is 16.8 Å². The van der Waals surface area contributed by atoms with E-state index in [9.17, 15) is 4.79 Å². The molecule has 2 aromatic heterocycles. The van der Waals surface area contributed by atoms with Gasteiger partial charge in [-0.3, -0.25) is 9.78 Å². The molecule has 0 saturated carbocycles. The molecule has 0 fully saturated rings. The topological polar surface area (TPSA) is 49.0 Å². The van der Waals surface area contributed by atoms with Gasteiger partial charge in [0.2, 0.25) is 0 Å². The molecule has 4 nitrogen and oxygen atoms in total. The highest BCUT2D eigenvalue weighted by Gasteiger charge is 2.10. The van der Waals surface area contributed by atoms with E-state index in [-0.39, 0.29) is 5.91 Å². The number of hydrogen-bond acceptors (Lipinski definition) is 2. The first-order valence-corrected chi connectivity index (χ1v) is 4.33. The Morgan fingerprint density at radius 2 is 2.29 bits per heavy atom. The van der Waals surface area contributed by atoms with Crippen LogP contribution >= 0.6 is 0 Å². The highest BCUT2D eigenvalue weighted by atomic mass is 16.2. The maximum absolute atomic E-state index is 11.6. The lowest BCUT2D eigenvalue weighted by Crippen LogP contribution is -2.21. The summed E-state index contributed by atoms with van der Waals surface area (Å²) in [7, 11) is 3.46. The third kappa shape index (κ3) is 1.35. The highest BCUT2D eigenvalue weighted by molar-refractivity contribution is 5.97. The minimum absolute atomic E-state index is 0.0267. The molecule has 0 bridgehead atoms. The van der Waals surface area contributed by atoms with Crippen LogP contribution in [0.3, 0.4) is 0 Å². The number of hydrogen-bond donors (Lipinski definition) is 1. The number of pyridine rings is 1. The van der Waals surface area contributed by atoms with Crippen LogP contribution in [0.2, 0.25) is 0 Å². The van der Waals surface area contributed by atoms with Gasteiger partial charge in [-0.1, -0.05) is 0 Å². The van der Waals surface area contributed by atoms with Crippen molar-refractivity contribution in [2.45, 2.75) is 0 Å². The van der Waals surface area contributed by atoms with Gasteiger partial charge in [-0.25, -0.2) is 0 Å². The number of amides is 1. The Hall–Kier alpha value is -1.84. The molecule has 1 amide bonds. The minimum Gasteiger partial charge on any atom is -0.350 e. The Labute approximate surface area is 81.6 Å². The lowest BCUT2D eigenvalue weighted by atomic mass is 10.3. The third-order valence-corrected chi connectivity index (χ3v) is 2.06. The van der Waals surface area contributed by atoms with Gasteiger partial charge in [0.25, 0.3) is 5.91 Å². The van der Waals surface area contributed by atoms with Crippen molar-refractivity contribution in [3.8, 4) is 0 Å². The molecule has 0 spiro atoms. The smallest absolute Gasteiger partial charge is 0.269 e. The molecule has 0 unspecified atom stereocenters. The Morgan fingerprint density at radius 1 is 1.50 bits per heavy atom. The number of nitrogens with one attached hydrogen (secondary N) is 1. The minimum atomic E-state index is -0.0267. The van der Waals surface area contributed by atoms with Gasteiger partial charge in [0, 0.05) is 37.4 Å². The highest BCUT2D eigenvalue weighted by Crippen LogP contribution is 2.13. The van der Waals surface area contributed by atoms with Crippen LogP contribution in [-0.2, 0) is 0 Å². The van der Waals surface area contributed by atoms with Gasteiger partial charge in [-0.15, -0.1) is 0 Å². The normalized spacial score (nSPS) is 10.4. The van der Waals surface area contributed by atoms with E-state index >= 15 is 0 Å². The number of nitrogens with zero attached hydrogens (tertiary/aromatic N) is 2. The van der Waals surface area contributed by atoms with Gasteiger partial charge in [0.05, 0.1) is 0 Å². The maximum Gasteiger partial charge on any atom is 0.269 e. The molecule has 0 aliphatic rings. The lowest BCUT2D eigenvalue weighted by molar-refractivity contribution is 0.0823. The SMILES string of the molecule is CN(C)C(=O)c1cc2cnccc2[nH]1. The number of H-pyrrole nitrogens is 1. The summed E-state index contributed by atoms with van der Waals surface area (Å²) in [5.41, 5.74) is 1.53. The Bertz CT molecular complexity index is 440. The molecular weight excluding hydrogens is 178 g/mol. The van der Waals surface area contributed by atoms with Gasteiger partial charge in [0.1, 0.15) is 5.69 Å². The van der Waals surface area contributed by atoms with Gasteiger partial charge in [-0.2, -0.15) is 0 Å². The summed E-state index contributed by atoms with van der Waals surface area (Å²) in [6.45, 7) is 0. The first-order valence-electron chi connectivity index (χ1n) is 4.33. The fourth-order valence-corrected chi connectivity index (χ4v) is 1.33.